The van der Waals surface area contributed by atoms with Crippen molar-refractivity contribution in [2.75, 3.05) is 13.2 Å². The minimum Gasteiger partial charge on any atom is -0.378 e. The second-order valence-corrected chi connectivity index (χ2v) is 8.26. The van der Waals surface area contributed by atoms with Gasteiger partial charge >= 0.3 is 12.4 Å². The van der Waals surface area contributed by atoms with Crippen molar-refractivity contribution in [2.45, 2.75) is 43.8 Å². The van der Waals surface area contributed by atoms with Crippen molar-refractivity contribution in [1.82, 2.24) is 4.90 Å². The fourth-order valence-electron chi connectivity index (χ4n) is 4.75. The molecule has 2 saturated heterocycles. The van der Waals surface area contributed by atoms with Crippen LogP contribution in [-0.4, -0.2) is 36.0 Å². The summed E-state index contributed by atoms with van der Waals surface area (Å²) in [6, 6.07) is 10.8. The number of morpholine rings is 1. The van der Waals surface area contributed by atoms with Gasteiger partial charge < -0.3 is 4.74 Å². The molecule has 172 valence electrons. The number of alkyl halides is 6. The van der Waals surface area contributed by atoms with E-state index in [0.29, 0.717) is 24.7 Å². The molecule has 2 aliphatic heterocycles. The lowest BCUT2D eigenvalue weighted by atomic mass is 9.78. The summed E-state index contributed by atoms with van der Waals surface area (Å²) < 4.78 is 86.8. The molecule has 0 spiro atoms. The van der Waals surface area contributed by atoms with Crippen LogP contribution in [0.25, 0.3) is 0 Å². The van der Waals surface area contributed by atoms with Gasteiger partial charge in [-0.3, -0.25) is 9.69 Å². The summed E-state index contributed by atoms with van der Waals surface area (Å²) in [4.78, 5) is 15.3. The Balaban J connectivity index is 1.64. The molecule has 0 amide bonds. The van der Waals surface area contributed by atoms with Crippen LogP contribution in [0.4, 0.5) is 26.3 Å². The summed E-state index contributed by atoms with van der Waals surface area (Å²) in [5.74, 6) is -2.04. The molecule has 2 aromatic carbocycles. The van der Waals surface area contributed by atoms with Gasteiger partial charge in [0.1, 0.15) is 0 Å². The summed E-state index contributed by atoms with van der Waals surface area (Å²) in [5.41, 5.74) is -3.31. The highest BCUT2D eigenvalue weighted by atomic mass is 19.4. The van der Waals surface area contributed by atoms with Crippen LogP contribution >= 0.6 is 0 Å². The first-order chi connectivity index (χ1) is 15.1. The second-order valence-electron chi connectivity index (χ2n) is 8.26. The lowest BCUT2D eigenvalue weighted by Crippen LogP contribution is -2.57. The normalized spacial score (nSPS) is 24.4. The topological polar surface area (TPSA) is 29.5 Å². The lowest BCUT2D eigenvalue weighted by Gasteiger charge is -2.48. The van der Waals surface area contributed by atoms with Crippen molar-refractivity contribution in [2.24, 2.45) is 5.92 Å². The van der Waals surface area contributed by atoms with E-state index in [1.54, 1.807) is 0 Å². The largest absolute Gasteiger partial charge is 0.417 e. The van der Waals surface area contributed by atoms with E-state index in [0.717, 1.165) is 5.56 Å². The highest BCUT2D eigenvalue weighted by molar-refractivity contribution is 6.01. The van der Waals surface area contributed by atoms with Crippen LogP contribution in [0.15, 0.2) is 48.5 Å². The van der Waals surface area contributed by atoms with Crippen molar-refractivity contribution in [3.05, 3.63) is 70.8 Å². The molecule has 4 rings (SSSR count). The molecular formula is C23H21F6NO2. The SMILES string of the molecule is O=C(c1c(C(F)(F)F)cccc1C(F)(F)F)C1CC2COCC(C1)N2Cc1ccccc1. The Morgan fingerprint density at radius 3 is 1.88 bits per heavy atom. The van der Waals surface area contributed by atoms with Gasteiger partial charge in [-0.15, -0.1) is 0 Å². The molecule has 2 aliphatic rings. The van der Waals surface area contributed by atoms with Crippen LogP contribution in [0.5, 0.6) is 0 Å². The first-order valence-corrected chi connectivity index (χ1v) is 10.2. The van der Waals surface area contributed by atoms with Gasteiger partial charge in [0.05, 0.1) is 24.3 Å². The van der Waals surface area contributed by atoms with Crippen molar-refractivity contribution in [3.8, 4) is 0 Å². The molecule has 0 radical (unpaired) electrons. The maximum Gasteiger partial charge on any atom is 0.417 e. The highest BCUT2D eigenvalue weighted by Crippen LogP contribution is 2.42. The van der Waals surface area contributed by atoms with Gasteiger partial charge in [-0.2, -0.15) is 26.3 Å². The smallest absolute Gasteiger partial charge is 0.378 e. The predicted molar refractivity (Wildman–Crippen MR) is 104 cm³/mol. The molecule has 3 nitrogen and oxygen atoms in total. The highest BCUT2D eigenvalue weighted by Gasteiger charge is 2.47. The number of benzene rings is 2. The van der Waals surface area contributed by atoms with E-state index in [1.807, 2.05) is 30.3 Å². The molecule has 2 unspecified atom stereocenters. The molecule has 2 atom stereocenters. The number of rotatable bonds is 4. The Morgan fingerprint density at radius 2 is 1.38 bits per heavy atom. The third-order valence-electron chi connectivity index (χ3n) is 6.17. The Labute approximate surface area is 181 Å². The van der Waals surface area contributed by atoms with E-state index in [1.165, 1.54) is 0 Å². The Hall–Kier alpha value is -2.39. The van der Waals surface area contributed by atoms with E-state index in [-0.39, 0.29) is 38.1 Å². The molecule has 2 fully saturated rings. The number of hydrogen-bond donors (Lipinski definition) is 0. The van der Waals surface area contributed by atoms with Crippen LogP contribution < -0.4 is 0 Å². The average Bonchev–Trinajstić information content (AvgIpc) is 2.72. The fourth-order valence-corrected chi connectivity index (χ4v) is 4.75. The van der Waals surface area contributed by atoms with Crippen molar-refractivity contribution in [3.63, 3.8) is 0 Å². The number of ketones is 1. The summed E-state index contributed by atoms with van der Waals surface area (Å²) in [6.07, 6.45) is -9.85. The van der Waals surface area contributed by atoms with E-state index in [4.69, 9.17) is 4.74 Å². The van der Waals surface area contributed by atoms with Crippen molar-refractivity contribution < 1.29 is 35.9 Å². The maximum absolute atomic E-state index is 13.5. The Morgan fingerprint density at radius 1 is 0.844 bits per heavy atom. The Kier molecular flexibility index (Phi) is 6.06. The molecule has 2 heterocycles. The van der Waals surface area contributed by atoms with Crippen LogP contribution in [0.3, 0.4) is 0 Å². The van der Waals surface area contributed by atoms with Crippen LogP contribution in [0, 0.1) is 5.92 Å². The van der Waals surface area contributed by atoms with E-state index >= 15 is 0 Å². The van der Waals surface area contributed by atoms with Gasteiger partial charge in [-0.05, 0) is 30.5 Å². The number of piperidine rings is 1. The third kappa shape index (κ3) is 4.54. The number of nitrogens with zero attached hydrogens (tertiary/aromatic N) is 1. The minimum atomic E-state index is -5.07. The molecule has 0 aromatic heterocycles. The van der Waals surface area contributed by atoms with Gasteiger partial charge in [0.25, 0.3) is 0 Å². The zero-order valence-electron chi connectivity index (χ0n) is 16.9. The van der Waals surface area contributed by atoms with E-state index < -0.39 is 40.7 Å². The maximum atomic E-state index is 13.5. The Bertz CT molecular complexity index is 926. The first-order valence-electron chi connectivity index (χ1n) is 10.2. The van der Waals surface area contributed by atoms with Gasteiger partial charge in [0.2, 0.25) is 0 Å². The molecule has 2 bridgehead atoms. The van der Waals surface area contributed by atoms with Crippen LogP contribution in [-0.2, 0) is 23.6 Å². The number of Topliss-reactive ketones (excluding diaryl/α,β-unsaturated/α-hetero) is 1. The second kappa shape index (κ2) is 8.51. The average molecular weight is 457 g/mol. The minimum absolute atomic E-state index is 0.144. The van der Waals surface area contributed by atoms with Gasteiger partial charge in [0, 0.05) is 30.1 Å². The van der Waals surface area contributed by atoms with Crippen molar-refractivity contribution in [1.29, 1.82) is 0 Å². The number of halogens is 6. The summed E-state index contributed by atoms with van der Waals surface area (Å²) in [6.45, 7) is 1.13. The third-order valence-corrected chi connectivity index (χ3v) is 6.17. The van der Waals surface area contributed by atoms with Crippen molar-refractivity contribution >= 4 is 5.78 Å². The summed E-state index contributed by atoms with van der Waals surface area (Å²) in [7, 11) is 0. The molecule has 2 aromatic rings. The van der Waals surface area contributed by atoms with Crippen LogP contribution in [0.2, 0.25) is 0 Å². The molecular weight excluding hydrogens is 436 g/mol. The lowest BCUT2D eigenvalue weighted by molar-refractivity contribution is -0.143. The molecule has 0 saturated carbocycles. The zero-order valence-corrected chi connectivity index (χ0v) is 16.9. The summed E-state index contributed by atoms with van der Waals surface area (Å²) >= 11 is 0. The number of ether oxygens (including phenoxy) is 1. The van der Waals surface area contributed by atoms with E-state index in [9.17, 15) is 31.1 Å². The predicted octanol–water partition coefficient (Wildman–Crippen LogP) is 5.59. The first kappa shape index (κ1) is 22.8. The standard InChI is InChI=1S/C23H21F6NO2/c24-22(25,26)18-7-4-8-19(23(27,28)29)20(18)21(31)15-9-16-12-32-13-17(10-15)30(16)11-14-5-2-1-3-6-14/h1-8,15-17H,9-13H2. The quantitative estimate of drug-likeness (QED) is 0.443. The molecule has 32 heavy (non-hydrogen) atoms. The molecule has 9 heteroatoms. The van der Waals surface area contributed by atoms with E-state index in [2.05, 4.69) is 4.90 Å². The molecule has 0 aliphatic carbocycles. The summed E-state index contributed by atoms with van der Waals surface area (Å²) in [5, 5.41) is 0. The number of hydrogen-bond acceptors (Lipinski definition) is 3. The number of fused-ring (bicyclic) bond motifs is 2. The number of carbonyl (C=O) groups is 1. The molecule has 0 N–H and O–H groups in total. The van der Waals surface area contributed by atoms with Crippen LogP contribution in [0.1, 0.15) is 39.9 Å². The monoisotopic (exact) mass is 457 g/mol. The number of carbonyl (C=O) groups excluding carboxylic acids is 1. The fraction of sp³-hybridized carbons (Fsp3) is 0.435. The zero-order chi connectivity index (χ0) is 23.1. The van der Waals surface area contributed by atoms with Gasteiger partial charge in [-0.1, -0.05) is 36.4 Å². The van der Waals surface area contributed by atoms with Gasteiger partial charge in [-0.25, -0.2) is 0 Å². The van der Waals surface area contributed by atoms with Gasteiger partial charge in [0.15, 0.2) is 5.78 Å².